The number of nitrogens with zero attached hydrogens (tertiary/aromatic N) is 3. The smallest absolute Gasteiger partial charge is 0.225 e. The minimum absolute atomic E-state index is 0.0621. The van der Waals surface area contributed by atoms with Crippen LogP contribution in [0.5, 0.6) is 0 Å². The van der Waals surface area contributed by atoms with Crippen LogP contribution >= 0.6 is 0 Å². The molecule has 1 aliphatic heterocycles. The molecule has 1 saturated heterocycles. The third-order valence-electron chi connectivity index (χ3n) is 4.94. The van der Waals surface area contributed by atoms with Crippen LogP contribution in [-0.2, 0) is 23.2 Å². The molecule has 134 valence electrons. The van der Waals surface area contributed by atoms with E-state index in [2.05, 4.69) is 10.4 Å². The fraction of sp³-hybridized carbons (Fsp3) is 0.500. The molecule has 2 aromatic heterocycles. The number of hydrogen-bond acceptors (Lipinski definition) is 4. The van der Waals surface area contributed by atoms with Crippen molar-refractivity contribution in [3.63, 3.8) is 0 Å². The highest BCUT2D eigenvalue weighted by Crippen LogP contribution is 2.36. The highest BCUT2D eigenvalue weighted by Gasteiger charge is 2.41. The van der Waals surface area contributed by atoms with Crippen molar-refractivity contribution in [2.24, 2.45) is 13.0 Å². The van der Waals surface area contributed by atoms with Crippen LogP contribution in [0.2, 0.25) is 0 Å². The Hall–Kier alpha value is -2.57. The number of furan rings is 1. The minimum atomic E-state index is -0.302. The van der Waals surface area contributed by atoms with E-state index in [0.29, 0.717) is 25.9 Å². The second kappa shape index (κ2) is 7.13. The number of piperidine rings is 1. The van der Waals surface area contributed by atoms with Gasteiger partial charge in [-0.15, -0.1) is 0 Å². The zero-order valence-corrected chi connectivity index (χ0v) is 14.9. The summed E-state index contributed by atoms with van der Waals surface area (Å²) in [4.78, 5) is 27.0. The molecule has 0 bridgehead atoms. The number of amides is 2. The van der Waals surface area contributed by atoms with Crippen LogP contribution in [-0.4, -0.2) is 33.0 Å². The zero-order chi connectivity index (χ0) is 18.0. The van der Waals surface area contributed by atoms with Gasteiger partial charge in [0, 0.05) is 26.2 Å². The van der Waals surface area contributed by atoms with E-state index in [9.17, 15) is 9.59 Å². The quantitative estimate of drug-likeness (QED) is 0.899. The van der Waals surface area contributed by atoms with E-state index in [1.54, 1.807) is 22.0 Å². The molecule has 2 amide bonds. The molecule has 3 rings (SSSR count). The van der Waals surface area contributed by atoms with E-state index in [-0.39, 0.29) is 23.8 Å². The standard InChI is InChI=1S/C18H24N4O3/c1-4-22-16(23)6-5-13(17(22)14-7-9-20-21(14)3)18(24)19-11-15-12(2)8-10-25-15/h7-10,13,17H,4-6,11H2,1-3H3,(H,19,24)/t13-,17-/m0/s1. The first-order valence-corrected chi connectivity index (χ1v) is 8.61. The van der Waals surface area contributed by atoms with E-state index in [4.69, 9.17) is 4.42 Å². The second-order valence-corrected chi connectivity index (χ2v) is 6.39. The van der Waals surface area contributed by atoms with Gasteiger partial charge >= 0.3 is 0 Å². The maximum absolute atomic E-state index is 12.9. The van der Waals surface area contributed by atoms with E-state index < -0.39 is 0 Å². The summed E-state index contributed by atoms with van der Waals surface area (Å²) >= 11 is 0. The molecular formula is C18H24N4O3. The number of carbonyl (C=O) groups is 2. The van der Waals surface area contributed by atoms with Gasteiger partial charge in [-0.1, -0.05) is 0 Å². The molecule has 0 spiro atoms. The number of likely N-dealkylation sites (tertiary alicyclic amines) is 1. The zero-order valence-electron chi connectivity index (χ0n) is 14.9. The van der Waals surface area contributed by atoms with Crippen LogP contribution in [0.4, 0.5) is 0 Å². The van der Waals surface area contributed by atoms with Crippen LogP contribution in [0.1, 0.15) is 42.8 Å². The number of nitrogens with one attached hydrogen (secondary N) is 1. The molecule has 0 aromatic carbocycles. The van der Waals surface area contributed by atoms with E-state index in [1.807, 2.05) is 33.0 Å². The Morgan fingerprint density at radius 1 is 1.44 bits per heavy atom. The van der Waals surface area contributed by atoms with Gasteiger partial charge in [0.15, 0.2) is 0 Å². The third kappa shape index (κ3) is 3.31. The van der Waals surface area contributed by atoms with Crippen molar-refractivity contribution in [2.75, 3.05) is 6.54 Å². The maximum atomic E-state index is 12.9. The second-order valence-electron chi connectivity index (χ2n) is 6.39. The van der Waals surface area contributed by atoms with Gasteiger partial charge in [-0.05, 0) is 38.0 Å². The summed E-state index contributed by atoms with van der Waals surface area (Å²) in [6, 6.07) is 3.46. The minimum Gasteiger partial charge on any atom is -0.467 e. The molecule has 0 radical (unpaired) electrons. The van der Waals surface area contributed by atoms with Crippen LogP contribution in [0.3, 0.4) is 0 Å². The monoisotopic (exact) mass is 344 g/mol. The first-order chi connectivity index (χ1) is 12.0. The predicted octanol–water partition coefficient (Wildman–Crippen LogP) is 1.94. The fourth-order valence-electron chi connectivity index (χ4n) is 3.52. The van der Waals surface area contributed by atoms with Crippen molar-refractivity contribution in [3.05, 3.63) is 41.6 Å². The highest BCUT2D eigenvalue weighted by atomic mass is 16.3. The lowest BCUT2D eigenvalue weighted by atomic mass is 9.85. The summed E-state index contributed by atoms with van der Waals surface area (Å²) in [5, 5.41) is 7.18. The predicted molar refractivity (Wildman–Crippen MR) is 91.4 cm³/mol. The lowest BCUT2D eigenvalue weighted by molar-refractivity contribution is -0.143. The van der Waals surface area contributed by atoms with Crippen LogP contribution < -0.4 is 5.32 Å². The largest absolute Gasteiger partial charge is 0.467 e. The molecule has 0 aliphatic carbocycles. The van der Waals surface area contributed by atoms with Gasteiger partial charge in [-0.25, -0.2) is 0 Å². The number of carbonyl (C=O) groups excluding carboxylic acids is 2. The Labute approximate surface area is 147 Å². The summed E-state index contributed by atoms with van der Waals surface area (Å²) in [5.74, 6) is 0.473. The normalized spacial score (nSPS) is 20.8. The Morgan fingerprint density at radius 3 is 2.84 bits per heavy atom. The van der Waals surface area contributed by atoms with Gasteiger partial charge in [0.25, 0.3) is 0 Å². The molecule has 7 heteroatoms. The molecule has 1 N–H and O–H groups in total. The highest BCUT2D eigenvalue weighted by molar-refractivity contribution is 5.84. The Kier molecular flexibility index (Phi) is 4.92. The van der Waals surface area contributed by atoms with Crippen molar-refractivity contribution >= 4 is 11.8 Å². The maximum Gasteiger partial charge on any atom is 0.225 e. The van der Waals surface area contributed by atoms with E-state index in [1.165, 1.54) is 0 Å². The Balaban J connectivity index is 1.81. The molecular weight excluding hydrogens is 320 g/mol. The molecule has 1 fully saturated rings. The molecule has 3 heterocycles. The van der Waals surface area contributed by atoms with Crippen molar-refractivity contribution in [2.45, 2.75) is 39.3 Å². The first-order valence-electron chi connectivity index (χ1n) is 8.61. The molecule has 2 aromatic rings. The number of aromatic nitrogens is 2. The topological polar surface area (TPSA) is 80.4 Å². The third-order valence-corrected chi connectivity index (χ3v) is 4.94. The first kappa shape index (κ1) is 17.3. The number of hydrogen-bond donors (Lipinski definition) is 1. The Morgan fingerprint density at radius 2 is 2.24 bits per heavy atom. The summed E-state index contributed by atoms with van der Waals surface area (Å²) in [6.45, 7) is 4.80. The molecule has 1 aliphatic rings. The molecule has 25 heavy (non-hydrogen) atoms. The van der Waals surface area contributed by atoms with Crippen molar-refractivity contribution in [1.29, 1.82) is 0 Å². The fourth-order valence-corrected chi connectivity index (χ4v) is 3.52. The van der Waals surface area contributed by atoms with Gasteiger partial charge < -0.3 is 14.6 Å². The Bertz CT molecular complexity index is 764. The number of rotatable bonds is 5. The SMILES string of the molecule is CCN1C(=O)CC[C@H](C(=O)NCc2occc2C)[C@H]1c1ccnn1C. The van der Waals surface area contributed by atoms with Crippen LogP contribution in [0.15, 0.2) is 29.0 Å². The summed E-state index contributed by atoms with van der Waals surface area (Å²) in [7, 11) is 1.84. The summed E-state index contributed by atoms with van der Waals surface area (Å²) < 4.78 is 7.13. The van der Waals surface area contributed by atoms with Crippen molar-refractivity contribution in [1.82, 2.24) is 20.0 Å². The van der Waals surface area contributed by atoms with Gasteiger partial charge in [-0.3, -0.25) is 14.3 Å². The van der Waals surface area contributed by atoms with Gasteiger partial charge in [0.2, 0.25) is 11.8 Å². The molecule has 0 unspecified atom stereocenters. The van der Waals surface area contributed by atoms with Gasteiger partial charge in [-0.2, -0.15) is 5.10 Å². The summed E-state index contributed by atoms with van der Waals surface area (Å²) in [6.07, 6.45) is 4.24. The average molecular weight is 344 g/mol. The van der Waals surface area contributed by atoms with Crippen molar-refractivity contribution in [3.8, 4) is 0 Å². The lowest BCUT2D eigenvalue weighted by Gasteiger charge is -2.39. The van der Waals surface area contributed by atoms with Crippen LogP contribution in [0, 0.1) is 12.8 Å². The molecule has 2 atom stereocenters. The molecule has 0 saturated carbocycles. The van der Waals surface area contributed by atoms with Gasteiger partial charge in [0.1, 0.15) is 5.76 Å². The van der Waals surface area contributed by atoms with E-state index in [0.717, 1.165) is 17.0 Å². The van der Waals surface area contributed by atoms with Crippen molar-refractivity contribution < 1.29 is 14.0 Å². The summed E-state index contributed by atoms with van der Waals surface area (Å²) in [5.41, 5.74) is 1.89. The van der Waals surface area contributed by atoms with Crippen LogP contribution in [0.25, 0.3) is 0 Å². The van der Waals surface area contributed by atoms with E-state index >= 15 is 0 Å². The molecule has 7 nitrogen and oxygen atoms in total. The lowest BCUT2D eigenvalue weighted by Crippen LogP contribution is -2.48. The average Bonchev–Trinajstić information content (AvgIpc) is 3.20. The van der Waals surface area contributed by atoms with Gasteiger partial charge in [0.05, 0.1) is 30.5 Å². The number of aryl methyl sites for hydroxylation is 2.